The Hall–Kier alpha value is -1.51. The molecule has 0 aliphatic carbocycles. The molecule has 0 spiro atoms. The Kier molecular flexibility index (Phi) is 5.15. The van der Waals surface area contributed by atoms with Gasteiger partial charge in [0, 0.05) is 18.8 Å². The summed E-state index contributed by atoms with van der Waals surface area (Å²) < 4.78 is 29.7. The first-order valence-electron chi connectivity index (χ1n) is 6.85. The van der Waals surface area contributed by atoms with Crippen molar-refractivity contribution in [3.05, 3.63) is 34.7 Å². The van der Waals surface area contributed by atoms with E-state index >= 15 is 0 Å². The van der Waals surface area contributed by atoms with Gasteiger partial charge in [-0.15, -0.1) is 0 Å². The Morgan fingerprint density at radius 2 is 1.86 bits per heavy atom. The van der Waals surface area contributed by atoms with Crippen LogP contribution in [0.5, 0.6) is 0 Å². The third-order valence-corrected chi connectivity index (χ3v) is 5.86. The summed E-state index contributed by atoms with van der Waals surface area (Å²) in [6.07, 6.45) is 1.61. The number of carbonyl (C=O) groups is 1. The highest BCUT2D eigenvalue weighted by atomic mass is 32.3. The second-order valence-corrected chi connectivity index (χ2v) is 7.66. The van der Waals surface area contributed by atoms with Gasteiger partial charge < -0.3 is 10.2 Å². The van der Waals surface area contributed by atoms with Crippen LogP contribution in [0.3, 0.4) is 0 Å². The second-order valence-electron chi connectivity index (χ2n) is 4.71. The zero-order chi connectivity index (χ0) is 16.3. The van der Waals surface area contributed by atoms with Gasteiger partial charge in [0.05, 0.1) is 4.91 Å². The molecule has 0 aromatic heterocycles. The zero-order valence-corrected chi connectivity index (χ0v) is 13.9. The number of amides is 1. The Balaban J connectivity index is 2.18. The largest absolute Gasteiger partial charge is 0.372 e. The number of benzene rings is 1. The molecule has 1 aromatic rings. The molecule has 1 saturated heterocycles. The van der Waals surface area contributed by atoms with E-state index in [9.17, 15) is 13.2 Å². The molecule has 2 rings (SSSR count). The van der Waals surface area contributed by atoms with Crippen molar-refractivity contribution in [1.29, 1.82) is 0 Å². The lowest BCUT2D eigenvalue weighted by Gasteiger charge is -2.20. The number of thioether (sulfide) groups is 1. The summed E-state index contributed by atoms with van der Waals surface area (Å²) in [7, 11) is -4.30. The molecule has 1 unspecified atom stereocenters. The molecule has 0 radical (unpaired) electrons. The van der Waals surface area contributed by atoms with Gasteiger partial charge in [-0.2, -0.15) is 8.42 Å². The third kappa shape index (κ3) is 3.82. The molecule has 1 aliphatic heterocycles. The first-order chi connectivity index (χ1) is 10.3. The van der Waals surface area contributed by atoms with Crippen LogP contribution in [-0.4, -0.2) is 36.7 Å². The monoisotopic (exact) mass is 342 g/mol. The maximum Gasteiger partial charge on any atom is 0.296 e. The molecule has 6 nitrogen and oxygen atoms in total. The summed E-state index contributed by atoms with van der Waals surface area (Å²) in [6.45, 7) is 5.97. The molecule has 22 heavy (non-hydrogen) atoms. The average molecular weight is 342 g/mol. The molecule has 1 heterocycles. The summed E-state index contributed by atoms with van der Waals surface area (Å²) >= 11 is 0.792. The van der Waals surface area contributed by atoms with Gasteiger partial charge in [0.1, 0.15) is 0 Å². The van der Waals surface area contributed by atoms with Gasteiger partial charge in [-0.25, -0.2) is 0 Å². The first-order valence-corrected chi connectivity index (χ1v) is 9.24. The molecular formula is C14H18N2O4S2. The van der Waals surface area contributed by atoms with Gasteiger partial charge in [-0.3, -0.25) is 9.35 Å². The second kappa shape index (κ2) is 6.72. The normalized spacial score (nSPS) is 20.2. The lowest BCUT2D eigenvalue weighted by atomic mass is 10.2. The molecule has 0 bridgehead atoms. The van der Waals surface area contributed by atoms with Crippen LogP contribution in [-0.2, 0) is 14.9 Å². The lowest BCUT2D eigenvalue weighted by molar-refractivity contribution is -0.116. The molecule has 1 fully saturated rings. The van der Waals surface area contributed by atoms with Gasteiger partial charge in [0.2, 0.25) is 4.71 Å². The van der Waals surface area contributed by atoms with Crippen molar-refractivity contribution in [3.63, 3.8) is 0 Å². The van der Waals surface area contributed by atoms with Crippen molar-refractivity contribution >= 4 is 39.6 Å². The van der Waals surface area contributed by atoms with E-state index in [1.54, 1.807) is 6.08 Å². The highest BCUT2D eigenvalue weighted by Crippen LogP contribution is 2.32. The Morgan fingerprint density at radius 3 is 2.32 bits per heavy atom. The third-order valence-electron chi connectivity index (χ3n) is 3.30. The van der Waals surface area contributed by atoms with Crippen LogP contribution in [0.15, 0.2) is 29.2 Å². The Morgan fingerprint density at radius 1 is 1.27 bits per heavy atom. The predicted molar refractivity (Wildman–Crippen MR) is 89.1 cm³/mol. The number of hydrogen-bond acceptors (Lipinski definition) is 5. The summed E-state index contributed by atoms with van der Waals surface area (Å²) in [5.41, 5.74) is 1.89. The van der Waals surface area contributed by atoms with Gasteiger partial charge >= 0.3 is 0 Å². The van der Waals surface area contributed by atoms with E-state index in [1.807, 2.05) is 24.3 Å². The molecule has 120 valence electrons. The van der Waals surface area contributed by atoms with E-state index in [4.69, 9.17) is 4.55 Å². The summed E-state index contributed by atoms with van der Waals surface area (Å²) in [6, 6.07) is 7.65. The lowest BCUT2D eigenvalue weighted by Crippen LogP contribution is -2.31. The molecular weight excluding hydrogens is 324 g/mol. The summed E-state index contributed by atoms with van der Waals surface area (Å²) in [5, 5.41) is 2.22. The van der Waals surface area contributed by atoms with Crippen LogP contribution in [0, 0.1) is 0 Å². The number of rotatable bonds is 5. The number of nitrogens with zero attached hydrogens (tertiary/aromatic N) is 1. The fourth-order valence-corrected chi connectivity index (χ4v) is 3.95. The van der Waals surface area contributed by atoms with Gasteiger partial charge in [0.15, 0.2) is 0 Å². The molecule has 1 amide bonds. The quantitative estimate of drug-likeness (QED) is 0.628. The fraction of sp³-hybridized carbons (Fsp3) is 0.357. The van der Waals surface area contributed by atoms with Crippen LogP contribution in [0.2, 0.25) is 0 Å². The number of nitrogens with one attached hydrogen (secondary N) is 1. The summed E-state index contributed by atoms with van der Waals surface area (Å²) in [4.78, 5) is 14.2. The van der Waals surface area contributed by atoms with Crippen LogP contribution in [0.25, 0.3) is 6.08 Å². The standard InChI is InChI=1S/C14H18N2O4S2/c1-3-16(4-2)11-7-5-10(6-8-11)9-12-13(17)15-14(21-12)22(18,19)20/h5-9,14H,3-4H2,1-2H3,(H,15,17)(H,18,19,20). The SMILES string of the molecule is CCN(CC)c1ccc(C=C2SC(S(=O)(=O)O)NC2=O)cc1. The van der Waals surface area contributed by atoms with Crippen LogP contribution >= 0.6 is 11.8 Å². The van der Waals surface area contributed by atoms with Crippen molar-refractivity contribution in [2.75, 3.05) is 18.0 Å². The maximum absolute atomic E-state index is 11.7. The van der Waals surface area contributed by atoms with Gasteiger partial charge in [-0.1, -0.05) is 23.9 Å². The molecule has 1 aromatic carbocycles. The van der Waals surface area contributed by atoms with Crippen molar-refractivity contribution < 1.29 is 17.8 Å². The van der Waals surface area contributed by atoms with Crippen molar-refractivity contribution in [2.24, 2.45) is 0 Å². The van der Waals surface area contributed by atoms with E-state index in [0.717, 1.165) is 36.1 Å². The van der Waals surface area contributed by atoms with Crippen LogP contribution in [0.1, 0.15) is 19.4 Å². The van der Waals surface area contributed by atoms with E-state index in [1.165, 1.54) is 0 Å². The highest BCUT2D eigenvalue weighted by Gasteiger charge is 2.35. The molecule has 1 aliphatic rings. The molecule has 8 heteroatoms. The smallest absolute Gasteiger partial charge is 0.296 e. The minimum Gasteiger partial charge on any atom is -0.372 e. The van der Waals surface area contributed by atoms with Gasteiger partial charge in [-0.05, 0) is 37.6 Å². The summed E-state index contributed by atoms with van der Waals surface area (Å²) in [5.74, 6) is -0.500. The number of hydrogen-bond donors (Lipinski definition) is 2. The van der Waals surface area contributed by atoms with E-state index < -0.39 is 20.7 Å². The minimum absolute atomic E-state index is 0.262. The molecule has 1 atom stereocenters. The van der Waals surface area contributed by atoms with Gasteiger partial charge in [0.25, 0.3) is 16.0 Å². The van der Waals surface area contributed by atoms with E-state index in [2.05, 4.69) is 24.1 Å². The fourth-order valence-electron chi connectivity index (χ4n) is 2.13. The molecule has 0 saturated carbocycles. The number of carbonyl (C=O) groups excluding carboxylic acids is 1. The molecule has 2 N–H and O–H groups in total. The number of anilines is 1. The Bertz CT molecular complexity index is 679. The predicted octanol–water partition coefficient (Wildman–Crippen LogP) is 1.91. The van der Waals surface area contributed by atoms with Crippen LogP contribution < -0.4 is 10.2 Å². The zero-order valence-electron chi connectivity index (χ0n) is 12.3. The maximum atomic E-state index is 11.7. The van der Waals surface area contributed by atoms with Crippen LogP contribution in [0.4, 0.5) is 5.69 Å². The van der Waals surface area contributed by atoms with Crippen molar-refractivity contribution in [3.8, 4) is 0 Å². The average Bonchev–Trinajstić information content (AvgIpc) is 2.83. The highest BCUT2D eigenvalue weighted by molar-refractivity contribution is 8.15. The van der Waals surface area contributed by atoms with E-state index in [0.29, 0.717) is 0 Å². The van der Waals surface area contributed by atoms with E-state index in [-0.39, 0.29) is 4.91 Å². The van der Waals surface area contributed by atoms with Crippen molar-refractivity contribution in [2.45, 2.75) is 18.6 Å². The van der Waals surface area contributed by atoms with Crippen molar-refractivity contribution in [1.82, 2.24) is 5.32 Å². The topological polar surface area (TPSA) is 86.7 Å². The first kappa shape index (κ1) is 16.9. The Labute approximate surface area is 134 Å². The minimum atomic E-state index is -4.30.